The van der Waals surface area contributed by atoms with Crippen LogP contribution in [0.5, 0.6) is 0 Å². The van der Waals surface area contributed by atoms with Crippen LogP contribution < -0.4 is 5.32 Å². The van der Waals surface area contributed by atoms with Crippen molar-refractivity contribution in [1.29, 1.82) is 0 Å². The average Bonchev–Trinajstić information content (AvgIpc) is 2.57. The number of nitrogens with one attached hydrogen (secondary N) is 1. The topological polar surface area (TPSA) is 35.6 Å². The van der Waals surface area contributed by atoms with Crippen molar-refractivity contribution in [3.8, 4) is 0 Å². The van der Waals surface area contributed by atoms with E-state index >= 15 is 0 Å². The van der Waals surface area contributed by atoms with Crippen molar-refractivity contribution in [2.75, 3.05) is 38.5 Å². The van der Waals surface area contributed by atoms with Crippen LogP contribution in [0, 0.1) is 0 Å². The Labute approximate surface area is 133 Å². The summed E-state index contributed by atoms with van der Waals surface area (Å²) in [4.78, 5) is 16.4. The molecule has 1 saturated carbocycles. The van der Waals surface area contributed by atoms with Gasteiger partial charge in [-0.3, -0.25) is 0 Å². The number of urea groups is 1. The lowest BCUT2D eigenvalue weighted by Crippen LogP contribution is -2.48. The molecule has 0 radical (unpaired) electrons. The predicted molar refractivity (Wildman–Crippen MR) is 90.4 cm³/mol. The second-order valence-corrected chi connectivity index (χ2v) is 6.68. The molecule has 0 bridgehead atoms. The molecule has 1 aromatic rings. The molecular weight excluding hydrogens is 274 g/mol. The van der Waals surface area contributed by atoms with Crippen LogP contribution in [-0.4, -0.2) is 49.1 Å². The standard InChI is InChI=1S/C18H27N3O/c1-20-11-13-21(14-12-20)18(22)19-17-9-7-16(8-10-17)15-5-3-2-4-6-15/h7-10,15H,2-6,11-14H2,1H3,(H,19,22). The summed E-state index contributed by atoms with van der Waals surface area (Å²) in [5.74, 6) is 0.719. The molecule has 2 fully saturated rings. The van der Waals surface area contributed by atoms with E-state index in [1.807, 2.05) is 4.90 Å². The monoisotopic (exact) mass is 301 g/mol. The van der Waals surface area contributed by atoms with Crippen LogP contribution in [0.4, 0.5) is 10.5 Å². The normalized spacial score (nSPS) is 20.9. The van der Waals surface area contributed by atoms with Gasteiger partial charge in [-0.05, 0) is 43.5 Å². The number of carbonyl (C=O) groups is 1. The van der Waals surface area contributed by atoms with Crippen molar-refractivity contribution in [3.63, 3.8) is 0 Å². The smallest absolute Gasteiger partial charge is 0.321 e. The maximum absolute atomic E-state index is 12.3. The average molecular weight is 301 g/mol. The Bertz CT molecular complexity index is 486. The molecule has 0 aromatic heterocycles. The molecule has 0 spiro atoms. The van der Waals surface area contributed by atoms with Gasteiger partial charge in [-0.2, -0.15) is 0 Å². The van der Waals surface area contributed by atoms with E-state index in [9.17, 15) is 4.79 Å². The third-order valence-electron chi connectivity index (χ3n) is 5.03. The van der Waals surface area contributed by atoms with Crippen LogP contribution in [-0.2, 0) is 0 Å². The minimum absolute atomic E-state index is 0.0264. The molecule has 4 heteroatoms. The van der Waals surface area contributed by atoms with Crippen molar-refractivity contribution in [3.05, 3.63) is 29.8 Å². The van der Waals surface area contributed by atoms with E-state index in [-0.39, 0.29) is 6.03 Å². The lowest BCUT2D eigenvalue weighted by molar-refractivity contribution is 0.164. The van der Waals surface area contributed by atoms with Gasteiger partial charge in [-0.1, -0.05) is 31.4 Å². The van der Waals surface area contributed by atoms with E-state index in [1.54, 1.807) is 0 Å². The van der Waals surface area contributed by atoms with E-state index in [0.717, 1.165) is 37.8 Å². The largest absolute Gasteiger partial charge is 0.322 e. The van der Waals surface area contributed by atoms with Gasteiger partial charge in [-0.15, -0.1) is 0 Å². The minimum atomic E-state index is 0.0264. The molecule has 3 rings (SSSR count). The van der Waals surface area contributed by atoms with Crippen molar-refractivity contribution in [1.82, 2.24) is 9.80 Å². The summed E-state index contributed by atoms with van der Waals surface area (Å²) >= 11 is 0. The number of hydrogen-bond acceptors (Lipinski definition) is 2. The molecule has 1 aliphatic heterocycles. The van der Waals surface area contributed by atoms with E-state index in [4.69, 9.17) is 0 Å². The van der Waals surface area contributed by atoms with Gasteiger partial charge < -0.3 is 15.1 Å². The summed E-state index contributed by atoms with van der Waals surface area (Å²) in [6.07, 6.45) is 6.72. The highest BCUT2D eigenvalue weighted by molar-refractivity contribution is 5.89. The van der Waals surface area contributed by atoms with Crippen LogP contribution in [0.3, 0.4) is 0 Å². The Morgan fingerprint density at radius 1 is 1.00 bits per heavy atom. The zero-order valence-electron chi connectivity index (χ0n) is 13.6. The van der Waals surface area contributed by atoms with Gasteiger partial charge in [0.2, 0.25) is 0 Å². The number of hydrogen-bond donors (Lipinski definition) is 1. The second-order valence-electron chi connectivity index (χ2n) is 6.68. The van der Waals surface area contributed by atoms with Gasteiger partial charge >= 0.3 is 6.03 Å². The first-order valence-corrected chi connectivity index (χ1v) is 8.57. The molecule has 1 aliphatic carbocycles. The summed E-state index contributed by atoms with van der Waals surface area (Å²) in [5.41, 5.74) is 2.33. The van der Waals surface area contributed by atoms with E-state index < -0.39 is 0 Å². The SMILES string of the molecule is CN1CCN(C(=O)Nc2ccc(C3CCCCC3)cc2)CC1. The Morgan fingerprint density at radius 2 is 1.64 bits per heavy atom. The number of likely N-dealkylation sites (N-methyl/N-ethyl adjacent to an activating group) is 1. The van der Waals surface area contributed by atoms with E-state index in [2.05, 4.69) is 41.5 Å². The fourth-order valence-electron chi connectivity index (χ4n) is 3.49. The molecule has 1 N–H and O–H groups in total. The van der Waals surface area contributed by atoms with Crippen LogP contribution >= 0.6 is 0 Å². The highest BCUT2D eigenvalue weighted by atomic mass is 16.2. The van der Waals surface area contributed by atoms with Gasteiger partial charge in [-0.25, -0.2) is 4.79 Å². The number of amides is 2. The number of nitrogens with zero attached hydrogens (tertiary/aromatic N) is 2. The number of piperazine rings is 1. The van der Waals surface area contributed by atoms with E-state index in [0.29, 0.717) is 0 Å². The molecule has 1 saturated heterocycles. The molecule has 0 atom stereocenters. The molecule has 4 nitrogen and oxygen atoms in total. The Hall–Kier alpha value is -1.55. The fraction of sp³-hybridized carbons (Fsp3) is 0.611. The third-order valence-corrected chi connectivity index (χ3v) is 5.03. The summed E-state index contributed by atoms with van der Waals surface area (Å²) in [6, 6.07) is 8.51. The predicted octanol–water partition coefficient (Wildman–Crippen LogP) is 3.51. The number of anilines is 1. The third kappa shape index (κ3) is 3.80. The molecule has 2 amide bonds. The summed E-state index contributed by atoms with van der Waals surface area (Å²) < 4.78 is 0. The molecule has 120 valence electrons. The molecular formula is C18H27N3O. The maximum atomic E-state index is 12.3. The van der Waals surface area contributed by atoms with Crippen LogP contribution in [0.15, 0.2) is 24.3 Å². The van der Waals surface area contributed by atoms with Crippen molar-refractivity contribution >= 4 is 11.7 Å². The van der Waals surface area contributed by atoms with Gasteiger partial charge in [0.05, 0.1) is 0 Å². The van der Waals surface area contributed by atoms with Gasteiger partial charge in [0.1, 0.15) is 0 Å². The van der Waals surface area contributed by atoms with E-state index in [1.165, 1.54) is 37.7 Å². The minimum Gasteiger partial charge on any atom is -0.322 e. The first kappa shape index (κ1) is 15.3. The van der Waals surface area contributed by atoms with Crippen molar-refractivity contribution in [2.45, 2.75) is 38.0 Å². The summed E-state index contributed by atoms with van der Waals surface area (Å²) in [5, 5.41) is 3.03. The number of rotatable bonds is 2. The van der Waals surface area contributed by atoms with Gasteiger partial charge in [0.15, 0.2) is 0 Å². The first-order valence-electron chi connectivity index (χ1n) is 8.57. The zero-order valence-corrected chi connectivity index (χ0v) is 13.6. The van der Waals surface area contributed by atoms with Crippen molar-refractivity contribution < 1.29 is 4.79 Å². The van der Waals surface area contributed by atoms with Gasteiger partial charge in [0, 0.05) is 31.9 Å². The van der Waals surface area contributed by atoms with Gasteiger partial charge in [0.25, 0.3) is 0 Å². The highest BCUT2D eigenvalue weighted by Gasteiger charge is 2.19. The Balaban J connectivity index is 1.55. The molecule has 22 heavy (non-hydrogen) atoms. The zero-order chi connectivity index (χ0) is 15.4. The summed E-state index contributed by atoms with van der Waals surface area (Å²) in [7, 11) is 2.10. The fourth-order valence-corrected chi connectivity index (χ4v) is 3.49. The molecule has 1 heterocycles. The highest BCUT2D eigenvalue weighted by Crippen LogP contribution is 2.32. The molecule has 2 aliphatic rings. The molecule has 1 aromatic carbocycles. The molecule has 0 unspecified atom stereocenters. The maximum Gasteiger partial charge on any atom is 0.321 e. The van der Waals surface area contributed by atoms with Crippen LogP contribution in [0.1, 0.15) is 43.6 Å². The quantitative estimate of drug-likeness (QED) is 0.907. The van der Waals surface area contributed by atoms with Crippen molar-refractivity contribution in [2.24, 2.45) is 0 Å². The Kier molecular flexibility index (Phi) is 4.98. The summed E-state index contributed by atoms with van der Waals surface area (Å²) in [6.45, 7) is 3.52. The lowest BCUT2D eigenvalue weighted by Gasteiger charge is -2.32. The Morgan fingerprint density at radius 3 is 2.27 bits per heavy atom. The lowest BCUT2D eigenvalue weighted by atomic mass is 9.84. The first-order chi connectivity index (χ1) is 10.7. The van der Waals surface area contributed by atoms with Crippen LogP contribution in [0.25, 0.3) is 0 Å². The second kappa shape index (κ2) is 7.14. The van der Waals surface area contributed by atoms with Crippen LogP contribution in [0.2, 0.25) is 0 Å². The number of benzene rings is 1. The number of carbonyl (C=O) groups excluding carboxylic acids is 1.